The Kier molecular flexibility index (Phi) is 4.16. The molecule has 0 spiro atoms. The molecule has 0 amide bonds. The van der Waals surface area contributed by atoms with Gasteiger partial charge in [-0.05, 0) is 30.4 Å². The number of rotatable bonds is 4. The van der Waals surface area contributed by atoms with E-state index in [2.05, 4.69) is 0 Å². The van der Waals surface area contributed by atoms with Crippen LogP contribution < -0.4 is 0 Å². The van der Waals surface area contributed by atoms with Crippen LogP contribution in [0.15, 0.2) is 30.3 Å². The first-order valence-corrected chi connectivity index (χ1v) is 5.13. The largest absolute Gasteiger partial charge is 0.416 e. The fourth-order valence-corrected chi connectivity index (χ4v) is 1.59. The summed E-state index contributed by atoms with van der Waals surface area (Å²) in [6.45, 7) is 7.24. The molecule has 0 saturated carbocycles. The van der Waals surface area contributed by atoms with E-state index in [4.69, 9.17) is 6.58 Å². The minimum Gasteiger partial charge on any atom is -0.166 e. The zero-order valence-corrected chi connectivity index (χ0v) is 9.09. The molecule has 0 bridgehead atoms. The number of hydrogen-bond donors (Lipinski definition) is 0. The van der Waals surface area contributed by atoms with Gasteiger partial charge in [-0.3, -0.25) is 0 Å². The topological polar surface area (TPSA) is 0 Å². The van der Waals surface area contributed by atoms with E-state index in [0.717, 1.165) is 6.07 Å². The monoisotopic (exact) mass is 227 g/mol. The standard InChI is InChI=1S/C13H14F3/c1-3-5-10(2)8-11-6-4-7-12(9-11)13(14,15)16/h1,3-4,6-7,9-10H,5,8H2,2H3. The zero-order valence-electron chi connectivity index (χ0n) is 9.09. The van der Waals surface area contributed by atoms with Crippen molar-refractivity contribution < 1.29 is 13.2 Å². The molecule has 0 fully saturated rings. The minimum absolute atomic E-state index is 0.258. The minimum atomic E-state index is -4.26. The lowest BCUT2D eigenvalue weighted by atomic mass is 9.97. The lowest BCUT2D eigenvalue weighted by Crippen LogP contribution is -2.06. The van der Waals surface area contributed by atoms with Crippen LogP contribution in [0.25, 0.3) is 0 Å². The van der Waals surface area contributed by atoms with E-state index in [0.29, 0.717) is 18.4 Å². The molecule has 0 aliphatic heterocycles. The molecule has 0 heterocycles. The Balaban J connectivity index is 2.79. The Bertz CT molecular complexity index is 352. The second-order valence-electron chi connectivity index (χ2n) is 3.98. The highest BCUT2D eigenvalue weighted by molar-refractivity contribution is 5.25. The van der Waals surface area contributed by atoms with Crippen LogP contribution in [0.2, 0.25) is 0 Å². The third-order valence-electron chi connectivity index (χ3n) is 2.38. The zero-order chi connectivity index (χ0) is 12.2. The molecule has 1 aromatic rings. The van der Waals surface area contributed by atoms with Gasteiger partial charge in [0.1, 0.15) is 0 Å². The van der Waals surface area contributed by atoms with E-state index in [-0.39, 0.29) is 5.92 Å². The summed E-state index contributed by atoms with van der Waals surface area (Å²) in [6.07, 6.45) is -1.41. The maximum absolute atomic E-state index is 12.4. The molecule has 1 rings (SSSR count). The van der Waals surface area contributed by atoms with Gasteiger partial charge >= 0.3 is 6.18 Å². The summed E-state index contributed by atoms with van der Waals surface area (Å²) in [4.78, 5) is 0. The number of benzene rings is 1. The molecule has 0 aliphatic carbocycles. The Hall–Kier alpha value is -1.25. The number of allylic oxidation sites excluding steroid dienone is 1. The van der Waals surface area contributed by atoms with Crippen LogP contribution in [0.3, 0.4) is 0 Å². The first-order valence-electron chi connectivity index (χ1n) is 5.13. The summed E-state index contributed by atoms with van der Waals surface area (Å²) < 4.78 is 37.3. The van der Waals surface area contributed by atoms with E-state index in [9.17, 15) is 13.2 Å². The number of halogens is 3. The first-order chi connectivity index (χ1) is 7.43. The molecule has 87 valence electrons. The van der Waals surface area contributed by atoms with Gasteiger partial charge in [0.05, 0.1) is 5.56 Å². The van der Waals surface area contributed by atoms with Gasteiger partial charge in [0.2, 0.25) is 0 Å². The molecular formula is C13H14F3. The van der Waals surface area contributed by atoms with Crippen molar-refractivity contribution in [1.82, 2.24) is 0 Å². The Morgan fingerprint density at radius 2 is 2.06 bits per heavy atom. The molecule has 0 N–H and O–H groups in total. The van der Waals surface area contributed by atoms with E-state index < -0.39 is 11.7 Å². The van der Waals surface area contributed by atoms with E-state index in [1.807, 2.05) is 6.92 Å². The smallest absolute Gasteiger partial charge is 0.166 e. The number of alkyl halides is 3. The molecule has 0 aliphatic rings. The third kappa shape index (κ3) is 3.72. The van der Waals surface area contributed by atoms with Gasteiger partial charge in [-0.2, -0.15) is 13.2 Å². The highest BCUT2D eigenvalue weighted by Crippen LogP contribution is 2.30. The summed E-state index contributed by atoms with van der Waals surface area (Å²) in [7, 11) is 0. The summed E-state index contributed by atoms with van der Waals surface area (Å²) in [5, 5.41) is 0. The fourth-order valence-electron chi connectivity index (χ4n) is 1.59. The maximum Gasteiger partial charge on any atom is 0.416 e. The van der Waals surface area contributed by atoms with Crippen molar-refractivity contribution in [3.05, 3.63) is 48.0 Å². The molecule has 1 radical (unpaired) electrons. The summed E-state index contributed by atoms with van der Waals surface area (Å²) in [5.41, 5.74) is 0.109. The molecule has 1 aromatic carbocycles. The van der Waals surface area contributed by atoms with Crippen molar-refractivity contribution in [2.75, 3.05) is 0 Å². The normalized spacial score (nSPS) is 13.5. The van der Waals surface area contributed by atoms with Crippen LogP contribution in [0.5, 0.6) is 0 Å². The van der Waals surface area contributed by atoms with Gasteiger partial charge in [-0.25, -0.2) is 0 Å². The molecule has 1 unspecified atom stereocenters. The van der Waals surface area contributed by atoms with E-state index in [1.54, 1.807) is 6.07 Å². The summed E-state index contributed by atoms with van der Waals surface area (Å²) in [6, 6.07) is 5.44. The van der Waals surface area contributed by atoms with Gasteiger partial charge in [0.15, 0.2) is 0 Å². The second-order valence-corrected chi connectivity index (χ2v) is 3.98. The summed E-state index contributed by atoms with van der Waals surface area (Å²) in [5.74, 6) is 0.258. The molecular weight excluding hydrogens is 213 g/mol. The lowest BCUT2D eigenvalue weighted by Gasteiger charge is -2.11. The van der Waals surface area contributed by atoms with Crippen molar-refractivity contribution in [3.8, 4) is 0 Å². The van der Waals surface area contributed by atoms with E-state index in [1.165, 1.54) is 18.2 Å². The second kappa shape index (κ2) is 5.19. The molecule has 3 heteroatoms. The molecule has 1 atom stereocenters. The highest BCUT2D eigenvalue weighted by atomic mass is 19.4. The van der Waals surface area contributed by atoms with Crippen molar-refractivity contribution >= 4 is 0 Å². The molecule has 0 nitrogen and oxygen atoms in total. The van der Waals surface area contributed by atoms with Crippen LogP contribution in [0.4, 0.5) is 13.2 Å². The van der Waals surface area contributed by atoms with Crippen LogP contribution in [-0.4, -0.2) is 0 Å². The Morgan fingerprint density at radius 3 is 2.62 bits per heavy atom. The third-order valence-corrected chi connectivity index (χ3v) is 2.38. The predicted octanol–water partition coefficient (Wildman–Crippen LogP) is 4.26. The first kappa shape index (κ1) is 12.8. The molecule has 0 aromatic heterocycles. The SMILES string of the molecule is [CH]=CCC(C)Cc1cccc(C(F)(F)F)c1. The number of hydrogen-bond acceptors (Lipinski definition) is 0. The Labute approximate surface area is 93.8 Å². The fraction of sp³-hybridized carbons (Fsp3) is 0.385. The van der Waals surface area contributed by atoms with Gasteiger partial charge in [-0.1, -0.05) is 37.8 Å². The average Bonchev–Trinajstić information content (AvgIpc) is 2.17. The van der Waals surface area contributed by atoms with Gasteiger partial charge in [-0.15, -0.1) is 0 Å². The molecule has 0 saturated heterocycles. The lowest BCUT2D eigenvalue weighted by molar-refractivity contribution is -0.137. The van der Waals surface area contributed by atoms with E-state index >= 15 is 0 Å². The van der Waals surface area contributed by atoms with Crippen molar-refractivity contribution in [2.24, 2.45) is 5.92 Å². The van der Waals surface area contributed by atoms with Gasteiger partial charge in [0, 0.05) is 0 Å². The van der Waals surface area contributed by atoms with Gasteiger partial charge in [0.25, 0.3) is 0 Å². The average molecular weight is 227 g/mol. The van der Waals surface area contributed by atoms with Crippen molar-refractivity contribution in [1.29, 1.82) is 0 Å². The van der Waals surface area contributed by atoms with Crippen LogP contribution >= 0.6 is 0 Å². The maximum atomic E-state index is 12.4. The quantitative estimate of drug-likeness (QED) is 0.720. The highest BCUT2D eigenvalue weighted by Gasteiger charge is 2.30. The predicted molar refractivity (Wildman–Crippen MR) is 57.8 cm³/mol. The van der Waals surface area contributed by atoms with Crippen LogP contribution in [0, 0.1) is 12.5 Å². The van der Waals surface area contributed by atoms with Crippen LogP contribution in [0.1, 0.15) is 24.5 Å². The summed E-state index contributed by atoms with van der Waals surface area (Å²) >= 11 is 0. The Morgan fingerprint density at radius 1 is 1.38 bits per heavy atom. The molecule has 16 heavy (non-hydrogen) atoms. The van der Waals surface area contributed by atoms with Crippen molar-refractivity contribution in [2.45, 2.75) is 25.9 Å². The van der Waals surface area contributed by atoms with Gasteiger partial charge < -0.3 is 0 Å². The van der Waals surface area contributed by atoms with Crippen LogP contribution in [-0.2, 0) is 12.6 Å². The van der Waals surface area contributed by atoms with Crippen molar-refractivity contribution in [3.63, 3.8) is 0 Å².